The molecule has 1 atom stereocenters. The number of hydrogen-bond acceptors (Lipinski definition) is 6. The van der Waals surface area contributed by atoms with Gasteiger partial charge in [0.2, 0.25) is 0 Å². The maximum atomic E-state index is 12.2. The molecule has 3 rings (SSSR count). The Morgan fingerprint density at radius 2 is 1.38 bits per heavy atom. The van der Waals surface area contributed by atoms with Crippen LogP contribution in [0.5, 0.6) is 5.75 Å². The van der Waals surface area contributed by atoms with E-state index in [1.807, 2.05) is 30.3 Å². The molecule has 8 heteroatoms. The molecule has 0 amide bonds. The predicted octanol–water partition coefficient (Wildman–Crippen LogP) is 10.2. The summed E-state index contributed by atoms with van der Waals surface area (Å²) in [5, 5.41) is 3.96. The maximum absolute atomic E-state index is 12.2. The first-order valence-electron chi connectivity index (χ1n) is 17.2. The second-order valence-electron chi connectivity index (χ2n) is 16.7. The van der Waals surface area contributed by atoms with Gasteiger partial charge in [0.05, 0.1) is 25.4 Å². The molecule has 6 nitrogen and oxygen atoms in total. The van der Waals surface area contributed by atoms with Crippen molar-refractivity contribution in [1.29, 1.82) is 0 Å². The third kappa shape index (κ3) is 11.1. The lowest BCUT2D eigenvalue weighted by Gasteiger charge is -2.40. The summed E-state index contributed by atoms with van der Waals surface area (Å²) in [5.74, 6) is 0.515. The Balaban J connectivity index is 1.95. The number of nitrogens with one attached hydrogen (secondary N) is 1. The van der Waals surface area contributed by atoms with Crippen LogP contribution in [0.15, 0.2) is 72.8 Å². The van der Waals surface area contributed by atoms with Gasteiger partial charge in [0.25, 0.3) is 0 Å². The zero-order chi connectivity index (χ0) is 36.0. The largest absolute Gasteiger partial charge is 0.489 e. The van der Waals surface area contributed by atoms with Gasteiger partial charge in [-0.15, -0.1) is 0 Å². The zero-order valence-electron chi connectivity index (χ0n) is 31.9. The summed E-state index contributed by atoms with van der Waals surface area (Å²) in [6.45, 7) is 28.8. The van der Waals surface area contributed by atoms with E-state index in [0.29, 0.717) is 25.3 Å². The fourth-order valence-electron chi connectivity index (χ4n) is 4.89. The number of carbonyl (C=O) groups excluding carboxylic acids is 1. The van der Waals surface area contributed by atoms with Gasteiger partial charge in [-0.2, -0.15) is 0 Å². The first-order chi connectivity index (χ1) is 22.1. The highest BCUT2D eigenvalue weighted by atomic mass is 28.4. The van der Waals surface area contributed by atoms with E-state index in [4.69, 9.17) is 18.3 Å². The lowest BCUT2D eigenvalue weighted by Crippen LogP contribution is -2.47. The van der Waals surface area contributed by atoms with Crippen molar-refractivity contribution in [2.24, 2.45) is 0 Å². The van der Waals surface area contributed by atoms with E-state index in [2.05, 4.69) is 123 Å². The third-order valence-electron chi connectivity index (χ3n) is 10.1. The topological polar surface area (TPSA) is 66.0 Å². The van der Waals surface area contributed by atoms with Crippen LogP contribution in [0.4, 0.5) is 0 Å². The smallest absolute Gasteiger partial charge is 0.337 e. The summed E-state index contributed by atoms with van der Waals surface area (Å²) in [5.41, 5.74) is 4.64. The minimum Gasteiger partial charge on any atom is -0.489 e. The van der Waals surface area contributed by atoms with E-state index >= 15 is 0 Å². The Morgan fingerprint density at radius 1 is 0.750 bits per heavy atom. The molecule has 264 valence electrons. The van der Waals surface area contributed by atoms with Gasteiger partial charge in [0.1, 0.15) is 12.4 Å². The number of esters is 1. The molecule has 3 aromatic rings. The fraction of sp³-hybridized carbons (Fsp3) is 0.525. The molecule has 0 aliphatic carbocycles. The van der Waals surface area contributed by atoms with Gasteiger partial charge in [0, 0.05) is 17.6 Å². The van der Waals surface area contributed by atoms with Gasteiger partial charge in [-0.05, 0) is 97.5 Å². The zero-order valence-corrected chi connectivity index (χ0v) is 33.9. The van der Waals surface area contributed by atoms with Crippen molar-refractivity contribution < 1.29 is 23.1 Å². The van der Waals surface area contributed by atoms with Crippen LogP contribution in [0.3, 0.4) is 0 Å². The standard InChI is InChI=1S/C40H61NO5Si2/c1-38(2,3)47(10,11)45-29-34-25-32(22-23-35(34)44-28-30-18-15-14-16-19-30)36(46-48(12,13)39(4,5)6)27-41-40(7,8)26-31-20-17-21-33(24-31)37(42)43-9/h14-25,36,41H,26-29H2,1-13H3. The van der Waals surface area contributed by atoms with Crippen molar-refractivity contribution in [3.05, 3.63) is 101 Å². The van der Waals surface area contributed by atoms with Crippen LogP contribution >= 0.6 is 0 Å². The van der Waals surface area contributed by atoms with Gasteiger partial charge in [0.15, 0.2) is 16.6 Å². The first-order valence-corrected chi connectivity index (χ1v) is 23.0. The monoisotopic (exact) mass is 691 g/mol. The molecule has 0 heterocycles. The molecule has 0 aliphatic rings. The number of benzene rings is 3. The molecule has 0 aromatic heterocycles. The van der Waals surface area contributed by atoms with Crippen molar-refractivity contribution in [1.82, 2.24) is 5.32 Å². The molecule has 48 heavy (non-hydrogen) atoms. The summed E-state index contributed by atoms with van der Waals surface area (Å²) >= 11 is 0. The quantitative estimate of drug-likeness (QED) is 0.126. The Bertz CT molecular complexity index is 1490. The van der Waals surface area contributed by atoms with Crippen LogP contribution < -0.4 is 10.1 Å². The highest BCUT2D eigenvalue weighted by molar-refractivity contribution is 6.74. The molecule has 0 fully saturated rings. The highest BCUT2D eigenvalue weighted by Gasteiger charge is 2.40. The number of carbonyl (C=O) groups is 1. The summed E-state index contributed by atoms with van der Waals surface area (Å²) in [7, 11) is -2.76. The van der Waals surface area contributed by atoms with Crippen LogP contribution in [0, 0.1) is 0 Å². The van der Waals surface area contributed by atoms with E-state index in [1.54, 1.807) is 6.07 Å². The van der Waals surface area contributed by atoms with Crippen molar-refractivity contribution in [3.63, 3.8) is 0 Å². The van der Waals surface area contributed by atoms with Gasteiger partial charge in [-0.25, -0.2) is 4.79 Å². The lowest BCUT2D eigenvalue weighted by molar-refractivity contribution is 0.0600. The second-order valence-corrected chi connectivity index (χ2v) is 26.3. The molecule has 0 bridgehead atoms. The van der Waals surface area contributed by atoms with Crippen LogP contribution in [0.2, 0.25) is 36.3 Å². The molecule has 0 spiro atoms. The van der Waals surface area contributed by atoms with Crippen molar-refractivity contribution in [3.8, 4) is 5.75 Å². The van der Waals surface area contributed by atoms with Crippen molar-refractivity contribution >= 4 is 22.6 Å². The van der Waals surface area contributed by atoms with Crippen LogP contribution in [-0.2, 0) is 33.2 Å². The van der Waals surface area contributed by atoms with Crippen LogP contribution in [0.25, 0.3) is 0 Å². The molecular formula is C40H61NO5Si2. The van der Waals surface area contributed by atoms with Crippen LogP contribution in [0.1, 0.15) is 94.1 Å². The molecule has 0 saturated heterocycles. The normalized spacial score (nSPS) is 13.7. The van der Waals surface area contributed by atoms with Crippen LogP contribution in [-0.4, -0.2) is 41.8 Å². The van der Waals surface area contributed by atoms with Gasteiger partial charge >= 0.3 is 5.97 Å². The van der Waals surface area contributed by atoms with Gasteiger partial charge < -0.3 is 23.6 Å². The maximum Gasteiger partial charge on any atom is 0.337 e. The Hall–Kier alpha value is -2.76. The number of rotatable bonds is 15. The van der Waals surface area contributed by atoms with E-state index in [9.17, 15) is 4.79 Å². The summed E-state index contributed by atoms with van der Waals surface area (Å²) in [6, 6.07) is 24.4. The Kier molecular flexibility index (Phi) is 13.1. The van der Waals surface area contributed by atoms with E-state index in [1.165, 1.54) is 7.11 Å². The predicted molar refractivity (Wildman–Crippen MR) is 204 cm³/mol. The molecule has 1 N–H and O–H groups in total. The Morgan fingerprint density at radius 3 is 1.98 bits per heavy atom. The van der Waals surface area contributed by atoms with Crippen molar-refractivity contribution in [2.75, 3.05) is 13.7 Å². The fourth-order valence-corrected chi connectivity index (χ4v) is 7.12. The summed E-state index contributed by atoms with van der Waals surface area (Å²) in [6.07, 6.45) is 0.559. The lowest BCUT2D eigenvalue weighted by atomic mass is 9.93. The van der Waals surface area contributed by atoms with Crippen molar-refractivity contribution in [2.45, 2.75) is 123 Å². The third-order valence-corrected chi connectivity index (χ3v) is 19.1. The van der Waals surface area contributed by atoms with E-state index < -0.39 is 16.6 Å². The van der Waals surface area contributed by atoms with Gasteiger partial charge in [-0.3, -0.25) is 0 Å². The number of ether oxygens (including phenoxy) is 2. The second kappa shape index (κ2) is 15.9. The Labute approximate surface area is 293 Å². The number of hydrogen-bond donors (Lipinski definition) is 1. The molecule has 0 saturated carbocycles. The summed E-state index contributed by atoms with van der Waals surface area (Å²) in [4.78, 5) is 12.2. The first kappa shape index (κ1) is 39.7. The van der Waals surface area contributed by atoms with E-state index in [0.717, 1.165) is 34.4 Å². The minimum atomic E-state index is -2.16. The SMILES string of the molecule is COC(=O)c1cccc(CC(C)(C)NCC(O[Si](C)(C)C(C)(C)C)c2ccc(OCc3ccccc3)c(CO[Si](C)(C)C(C)(C)C)c2)c1. The molecular weight excluding hydrogens is 631 g/mol. The number of methoxy groups -OCH3 is 1. The molecule has 1 unspecified atom stereocenters. The summed E-state index contributed by atoms with van der Waals surface area (Å²) < 4.78 is 25.3. The van der Waals surface area contributed by atoms with E-state index in [-0.39, 0.29) is 27.7 Å². The average molecular weight is 692 g/mol. The molecule has 0 aliphatic heterocycles. The highest BCUT2D eigenvalue weighted by Crippen LogP contribution is 2.41. The minimum absolute atomic E-state index is 0.0438. The molecule has 3 aromatic carbocycles. The molecule has 0 radical (unpaired) electrons. The average Bonchev–Trinajstić information content (AvgIpc) is 3.00. The van der Waals surface area contributed by atoms with Gasteiger partial charge in [-0.1, -0.05) is 90.1 Å².